The lowest BCUT2D eigenvalue weighted by atomic mass is 10.2. The second-order valence-corrected chi connectivity index (χ2v) is 21.0. The van der Waals surface area contributed by atoms with E-state index in [-0.39, 0.29) is 47.6 Å². The number of nitrogen functional groups attached to an aromatic ring is 1. The molecule has 0 spiro atoms. The number of piperidine rings is 2. The molecular formula is C54H62N18O9. The average Bonchev–Trinajstić information content (AvgIpc) is 4.19. The third-order valence-corrected chi connectivity index (χ3v) is 15.5. The van der Waals surface area contributed by atoms with Crippen molar-refractivity contribution < 1.29 is 24.6 Å². The molecule has 27 nitrogen and oxygen atoms in total. The number of aliphatic hydroxyl groups is 1. The summed E-state index contributed by atoms with van der Waals surface area (Å²) in [4.78, 5) is 127. The van der Waals surface area contributed by atoms with Crippen molar-refractivity contribution >= 4 is 63.3 Å². The number of aliphatic carboxylic acids is 1. The number of carboxylic acids is 1. The summed E-state index contributed by atoms with van der Waals surface area (Å²) in [5.74, 6) is 4.22. The second-order valence-electron chi connectivity index (χ2n) is 21.0. The van der Waals surface area contributed by atoms with Crippen LogP contribution in [0.2, 0.25) is 0 Å². The molecule has 0 bridgehead atoms. The zero-order valence-electron chi connectivity index (χ0n) is 45.5. The monoisotopic (exact) mass is 1110 g/mol. The molecule has 2 aliphatic carbocycles. The number of nitrogens with zero attached hydrogens (tertiary/aromatic N) is 16. The number of aliphatic hydroxyl groups excluding tert-OH is 1. The molecular weight excluding hydrogens is 1040 g/mol. The molecule has 81 heavy (non-hydrogen) atoms. The van der Waals surface area contributed by atoms with Crippen molar-refractivity contribution in [3.05, 3.63) is 116 Å². The van der Waals surface area contributed by atoms with E-state index in [2.05, 4.69) is 55.0 Å². The number of nitrogens with one attached hydrogen (secondary N) is 1. The summed E-state index contributed by atoms with van der Waals surface area (Å²) < 4.78 is 6.77. The number of rotatable bonds is 15. The summed E-state index contributed by atoms with van der Waals surface area (Å²) in [6.07, 6.45) is 12.1. The van der Waals surface area contributed by atoms with Crippen LogP contribution in [-0.4, -0.2) is 127 Å². The summed E-state index contributed by atoms with van der Waals surface area (Å²) in [6, 6.07) is 8.87. The highest BCUT2D eigenvalue weighted by atomic mass is 16.4. The van der Waals surface area contributed by atoms with Gasteiger partial charge < -0.3 is 40.2 Å². The first-order valence-corrected chi connectivity index (χ1v) is 26.7. The van der Waals surface area contributed by atoms with E-state index in [0.29, 0.717) is 29.4 Å². The number of hydrogen-bond acceptors (Lipinski definition) is 19. The van der Waals surface area contributed by atoms with E-state index in [0.717, 1.165) is 82.0 Å². The Kier molecular flexibility index (Phi) is 15.3. The summed E-state index contributed by atoms with van der Waals surface area (Å²) in [7, 11) is 2.92. The maximum absolute atomic E-state index is 13.2. The Bertz CT molecular complexity index is 3940. The molecule has 4 fully saturated rings. The second kappa shape index (κ2) is 22.5. The van der Waals surface area contributed by atoms with Crippen molar-refractivity contribution in [2.24, 2.45) is 37.8 Å². The first-order valence-electron chi connectivity index (χ1n) is 26.7. The van der Waals surface area contributed by atoms with Crippen LogP contribution in [0.3, 0.4) is 0 Å². The van der Waals surface area contributed by atoms with Crippen LogP contribution in [-0.2, 0) is 41.6 Å². The molecule has 0 aromatic carbocycles. The molecule has 12 rings (SSSR count). The molecule has 7 atom stereocenters. The maximum atomic E-state index is 13.2. The van der Waals surface area contributed by atoms with Crippen molar-refractivity contribution in [2.45, 2.75) is 84.7 Å². The Morgan fingerprint density at radius 2 is 1.15 bits per heavy atom. The summed E-state index contributed by atoms with van der Waals surface area (Å²) >= 11 is 0. The van der Waals surface area contributed by atoms with Crippen LogP contribution in [0, 0.1) is 23.7 Å². The largest absolute Gasteiger partial charge is 0.480 e. The van der Waals surface area contributed by atoms with Gasteiger partial charge in [-0.3, -0.25) is 37.4 Å². The molecule has 8 aromatic heterocycles. The number of anilines is 4. The Hall–Kier alpha value is -9.27. The highest BCUT2D eigenvalue weighted by Gasteiger charge is 2.46. The van der Waals surface area contributed by atoms with Crippen molar-refractivity contribution in [2.75, 3.05) is 47.0 Å². The van der Waals surface area contributed by atoms with Crippen molar-refractivity contribution in [3.8, 4) is 22.8 Å². The molecule has 10 heterocycles. The van der Waals surface area contributed by atoms with E-state index in [1.165, 1.54) is 64.8 Å². The Morgan fingerprint density at radius 1 is 0.654 bits per heavy atom. The minimum Gasteiger partial charge on any atom is -0.480 e. The van der Waals surface area contributed by atoms with E-state index < -0.39 is 52.6 Å². The molecule has 422 valence electrons. The molecule has 1 amide bonds. The van der Waals surface area contributed by atoms with Gasteiger partial charge in [-0.25, -0.2) is 54.3 Å². The zero-order valence-corrected chi connectivity index (χ0v) is 45.5. The van der Waals surface area contributed by atoms with Crippen molar-refractivity contribution in [3.63, 3.8) is 0 Å². The Balaban J connectivity index is 0.000000151. The van der Waals surface area contributed by atoms with E-state index in [1.54, 1.807) is 63.6 Å². The van der Waals surface area contributed by atoms with E-state index >= 15 is 0 Å². The molecule has 2 saturated carbocycles. The van der Waals surface area contributed by atoms with Crippen LogP contribution < -0.4 is 43.3 Å². The van der Waals surface area contributed by atoms with Crippen LogP contribution in [0.25, 0.3) is 45.1 Å². The number of pyridine rings is 2. The van der Waals surface area contributed by atoms with Crippen LogP contribution in [0.1, 0.15) is 65.5 Å². The van der Waals surface area contributed by atoms with Crippen LogP contribution in [0.4, 0.5) is 23.3 Å². The van der Waals surface area contributed by atoms with E-state index in [1.807, 2.05) is 18.3 Å². The molecule has 2 saturated heterocycles. The predicted octanol–water partition coefficient (Wildman–Crippen LogP) is 2.27. The van der Waals surface area contributed by atoms with Gasteiger partial charge in [-0.1, -0.05) is 26.0 Å². The summed E-state index contributed by atoms with van der Waals surface area (Å²) in [6.45, 7) is 10.3. The fraction of sp³-hybridized carbons (Fsp3) is 0.426. The fourth-order valence-electron chi connectivity index (χ4n) is 10.2. The quantitative estimate of drug-likeness (QED) is 0.114. The number of nitrogens with two attached hydrogens (primary N) is 1. The lowest BCUT2D eigenvalue weighted by Crippen LogP contribution is -2.42. The van der Waals surface area contributed by atoms with Gasteiger partial charge in [0.25, 0.3) is 11.1 Å². The van der Waals surface area contributed by atoms with Gasteiger partial charge in [0, 0.05) is 46.7 Å². The predicted molar refractivity (Wildman–Crippen MR) is 298 cm³/mol. The minimum atomic E-state index is -1.12. The topological polar surface area (TPSA) is 337 Å². The summed E-state index contributed by atoms with van der Waals surface area (Å²) in [5, 5.41) is 21.6. The minimum absolute atomic E-state index is 0.0281. The number of carbonyl (C=O) groups is 3. The standard InChI is InChI=1S/C27H29N9O4.C14H15N5.C13H18N4O5/c1-4-18(37)13-35-26(39)23-24(33(3)27(35)40)30-14-36(23)15(2)25(38)32-21-7-5-6-19(31-21)20-9-29-22(10-28-20)34-11-16-8-17(16)12-34;15-13-3-1-2-11(18-13)12-5-17-14(6-16-12)19-7-9-4-10(9)8-19;1-4-8(18)5-16-11(19)9-10(15(3)13(16)22)14-6-17(9)7(2)12(20)21/h5-7,9-10,14-17H,4,8,11-13H2,1-3H3,(H,31,32,38);1-3,5-6,9-10H,4,7-8H2,(H2,15,18);6-8,18H,4-5H2,1-3H3,(H,20,21)/t15-,16?,17?;;7-,8?/m0.0/s1. The van der Waals surface area contributed by atoms with Gasteiger partial charge in [0.2, 0.25) is 5.91 Å². The molecule has 5 N–H and O–H groups in total. The highest BCUT2D eigenvalue weighted by molar-refractivity contribution is 5.94. The number of fused-ring (bicyclic) bond motifs is 4. The fourth-order valence-corrected chi connectivity index (χ4v) is 10.2. The number of hydrogen-bond donors (Lipinski definition) is 4. The molecule has 27 heteroatoms. The SMILES string of the molecule is CCC(=O)Cn1c(=O)c2c(ncn2[C@@H](C)C(=O)Nc2cccc(-c3cnc(N4CC5CC5C4)cn3)n2)n(C)c1=O.CCC(O)Cn1c(=O)c2c(ncn2[C@@H](C)C(=O)O)n(C)c1=O.Nc1cccc(-c2cnc(N3CC4CC4C3)cn2)n1. The third-order valence-electron chi connectivity index (χ3n) is 15.5. The van der Waals surface area contributed by atoms with Crippen LogP contribution >= 0.6 is 0 Å². The zero-order chi connectivity index (χ0) is 57.6. The number of ketones is 1. The number of carboxylic acid groups (broad SMARTS) is 1. The normalized spacial score (nSPS) is 18.7. The molecule has 5 unspecified atom stereocenters. The first-order chi connectivity index (χ1) is 38.8. The summed E-state index contributed by atoms with van der Waals surface area (Å²) in [5.41, 5.74) is 6.10. The number of amides is 1. The molecule has 2 aliphatic heterocycles. The van der Waals surface area contributed by atoms with Crippen molar-refractivity contribution in [1.82, 2.24) is 67.3 Å². The smallest absolute Gasteiger partial charge is 0.332 e. The Labute approximate surface area is 461 Å². The van der Waals surface area contributed by atoms with Crippen LogP contribution in [0.5, 0.6) is 0 Å². The van der Waals surface area contributed by atoms with E-state index in [4.69, 9.17) is 10.8 Å². The van der Waals surface area contributed by atoms with Crippen LogP contribution in [0.15, 0.2) is 93.0 Å². The van der Waals surface area contributed by atoms with Gasteiger partial charge in [-0.05, 0) is 81.0 Å². The van der Waals surface area contributed by atoms with E-state index in [9.17, 15) is 38.7 Å². The molecule has 4 aliphatic rings. The van der Waals surface area contributed by atoms with Gasteiger partial charge in [-0.15, -0.1) is 0 Å². The number of carbonyl (C=O) groups excluding carboxylic acids is 2. The lowest BCUT2D eigenvalue weighted by molar-refractivity contribution is -0.140. The first kappa shape index (κ1) is 55.1. The average molecular weight is 1110 g/mol. The van der Waals surface area contributed by atoms with Gasteiger partial charge in [0.15, 0.2) is 28.1 Å². The number of aromatic nitrogens is 14. The van der Waals surface area contributed by atoms with Gasteiger partial charge in [-0.2, -0.15) is 0 Å². The highest BCUT2D eigenvalue weighted by Crippen LogP contribution is 2.46. The van der Waals surface area contributed by atoms with Gasteiger partial charge in [0.05, 0.1) is 68.0 Å². The maximum Gasteiger partial charge on any atom is 0.332 e. The number of imidazole rings is 2. The number of aryl methyl sites for hydroxylation is 2. The number of Topliss-reactive ketones (excluding diaryl/α,β-unsaturated/α-hetero) is 1. The third kappa shape index (κ3) is 11.2. The molecule has 8 aromatic rings. The Morgan fingerprint density at radius 3 is 1.63 bits per heavy atom. The van der Waals surface area contributed by atoms with Gasteiger partial charge in [0.1, 0.15) is 46.7 Å². The van der Waals surface area contributed by atoms with Gasteiger partial charge >= 0.3 is 17.3 Å². The lowest BCUT2D eigenvalue weighted by Gasteiger charge is -2.18. The molecule has 0 radical (unpaired) electrons. The van der Waals surface area contributed by atoms with Crippen molar-refractivity contribution in [1.29, 1.82) is 0 Å².